The van der Waals surface area contributed by atoms with E-state index in [2.05, 4.69) is 0 Å². The van der Waals surface area contributed by atoms with Crippen molar-refractivity contribution in [1.29, 1.82) is 0 Å². The summed E-state index contributed by atoms with van der Waals surface area (Å²) in [7, 11) is 0. The molecule has 0 aromatic rings. The molecule has 0 saturated carbocycles. The Bertz CT molecular complexity index is 176. The van der Waals surface area contributed by atoms with Crippen LogP contribution in [0, 0.1) is 0 Å². The molecule has 3 heteroatoms. The van der Waals surface area contributed by atoms with Crippen LogP contribution in [0.25, 0.3) is 0 Å². The number of ether oxygens (including phenoxy) is 1. The molecule has 2 aliphatic heterocycles. The number of nitrogens with zero attached hydrogens (tertiary/aromatic N) is 1. The highest BCUT2D eigenvalue weighted by Crippen LogP contribution is 2.16. The first-order valence-electron chi connectivity index (χ1n) is 2.98. The highest BCUT2D eigenvalue weighted by atomic mass is 16.5. The summed E-state index contributed by atoms with van der Waals surface area (Å²) in [5.41, 5.74) is 0. The summed E-state index contributed by atoms with van der Waals surface area (Å²) in [6, 6.07) is 0. The van der Waals surface area contributed by atoms with Crippen molar-refractivity contribution in [2.75, 3.05) is 13.2 Å². The molecule has 1 fully saturated rings. The maximum absolute atomic E-state index is 10.8. The van der Waals surface area contributed by atoms with Gasteiger partial charge in [-0.25, -0.2) is 0 Å². The third kappa shape index (κ3) is 0.580. The van der Waals surface area contributed by atoms with Crippen LogP contribution in [-0.4, -0.2) is 30.2 Å². The van der Waals surface area contributed by atoms with Gasteiger partial charge in [-0.1, -0.05) is 0 Å². The molecule has 48 valence electrons. The summed E-state index contributed by atoms with van der Waals surface area (Å²) in [5.74, 6) is 0.0810. The first-order chi connectivity index (χ1) is 4.38. The van der Waals surface area contributed by atoms with Gasteiger partial charge in [-0.15, -0.1) is 0 Å². The molecular weight excluding hydrogens is 118 g/mol. The predicted octanol–water partition coefficient (Wildman–Crippen LogP) is -0.259. The fourth-order valence-electron chi connectivity index (χ4n) is 1.14. The Morgan fingerprint density at radius 2 is 2.67 bits per heavy atom. The van der Waals surface area contributed by atoms with Gasteiger partial charge in [-0.2, -0.15) is 0 Å². The van der Waals surface area contributed by atoms with Gasteiger partial charge in [0, 0.05) is 12.6 Å². The summed E-state index contributed by atoms with van der Waals surface area (Å²) < 4.78 is 5.17. The average Bonchev–Trinajstić information content (AvgIpc) is 2.35. The van der Waals surface area contributed by atoms with Crippen molar-refractivity contribution >= 4 is 5.91 Å². The van der Waals surface area contributed by atoms with Gasteiger partial charge in [-0.05, 0) is 6.08 Å². The van der Waals surface area contributed by atoms with Crippen LogP contribution >= 0.6 is 0 Å². The molecule has 2 aliphatic rings. The number of hydrogen-bond donors (Lipinski definition) is 0. The van der Waals surface area contributed by atoms with Crippen LogP contribution in [0.3, 0.4) is 0 Å². The number of hydrogen-bond acceptors (Lipinski definition) is 2. The molecule has 0 spiro atoms. The van der Waals surface area contributed by atoms with Crippen LogP contribution < -0.4 is 0 Å². The van der Waals surface area contributed by atoms with Gasteiger partial charge in [-0.3, -0.25) is 4.79 Å². The van der Waals surface area contributed by atoms with E-state index in [1.54, 1.807) is 17.1 Å². The van der Waals surface area contributed by atoms with E-state index in [1.165, 1.54) is 0 Å². The van der Waals surface area contributed by atoms with Crippen LogP contribution in [0.5, 0.6) is 0 Å². The lowest BCUT2D eigenvalue weighted by Crippen LogP contribution is -2.28. The minimum atomic E-state index is -0.0440. The largest absolute Gasteiger partial charge is 0.353 e. The summed E-state index contributed by atoms with van der Waals surface area (Å²) in [5, 5.41) is 0. The van der Waals surface area contributed by atoms with Crippen molar-refractivity contribution in [2.45, 2.75) is 6.23 Å². The average molecular weight is 125 g/mol. The van der Waals surface area contributed by atoms with Gasteiger partial charge in [0.05, 0.1) is 6.61 Å². The minimum absolute atomic E-state index is 0.0440. The Morgan fingerprint density at radius 3 is 3.44 bits per heavy atom. The fraction of sp³-hybridized carbons (Fsp3) is 0.500. The second-order valence-electron chi connectivity index (χ2n) is 2.15. The van der Waals surface area contributed by atoms with Gasteiger partial charge in [0.1, 0.15) is 0 Å². The molecule has 9 heavy (non-hydrogen) atoms. The summed E-state index contributed by atoms with van der Waals surface area (Å²) in [6.45, 7) is 1.43. The Balaban J connectivity index is 2.24. The first-order valence-corrected chi connectivity index (χ1v) is 2.98. The van der Waals surface area contributed by atoms with Crippen molar-refractivity contribution in [1.82, 2.24) is 4.90 Å². The van der Waals surface area contributed by atoms with Crippen molar-refractivity contribution in [3.05, 3.63) is 12.2 Å². The molecule has 0 N–H and O–H groups in total. The lowest BCUT2D eigenvalue weighted by molar-refractivity contribution is -0.126. The fourth-order valence-corrected chi connectivity index (χ4v) is 1.14. The molecule has 0 aromatic heterocycles. The third-order valence-electron chi connectivity index (χ3n) is 1.61. The Hall–Kier alpha value is -0.830. The van der Waals surface area contributed by atoms with Crippen LogP contribution in [0.4, 0.5) is 0 Å². The molecular formula is C6H7NO2. The highest BCUT2D eigenvalue weighted by molar-refractivity contribution is 5.90. The van der Waals surface area contributed by atoms with Crippen molar-refractivity contribution in [3.63, 3.8) is 0 Å². The van der Waals surface area contributed by atoms with Crippen molar-refractivity contribution in [2.24, 2.45) is 0 Å². The monoisotopic (exact) mass is 125 g/mol. The zero-order chi connectivity index (χ0) is 6.27. The van der Waals surface area contributed by atoms with E-state index in [0.717, 1.165) is 6.54 Å². The number of rotatable bonds is 0. The van der Waals surface area contributed by atoms with E-state index in [-0.39, 0.29) is 12.1 Å². The molecule has 0 bridgehead atoms. The Labute approximate surface area is 52.9 Å². The molecule has 1 atom stereocenters. The number of amides is 1. The van der Waals surface area contributed by atoms with E-state index < -0.39 is 0 Å². The molecule has 1 saturated heterocycles. The lowest BCUT2D eigenvalue weighted by atomic mass is 10.5. The minimum Gasteiger partial charge on any atom is -0.353 e. The van der Waals surface area contributed by atoms with Gasteiger partial charge in [0.25, 0.3) is 0 Å². The van der Waals surface area contributed by atoms with Crippen LogP contribution in [0.1, 0.15) is 0 Å². The van der Waals surface area contributed by atoms with E-state index in [4.69, 9.17) is 4.74 Å². The van der Waals surface area contributed by atoms with Crippen LogP contribution in [-0.2, 0) is 9.53 Å². The molecule has 2 heterocycles. The normalized spacial score (nSPS) is 31.8. The van der Waals surface area contributed by atoms with E-state index in [1.807, 2.05) is 0 Å². The number of fused-ring (bicyclic) bond motifs is 1. The molecule has 0 radical (unpaired) electrons. The van der Waals surface area contributed by atoms with Crippen LogP contribution in [0.15, 0.2) is 12.2 Å². The van der Waals surface area contributed by atoms with E-state index >= 15 is 0 Å². The van der Waals surface area contributed by atoms with Gasteiger partial charge in [0.2, 0.25) is 5.91 Å². The molecule has 3 nitrogen and oxygen atoms in total. The third-order valence-corrected chi connectivity index (χ3v) is 1.61. The van der Waals surface area contributed by atoms with Crippen LogP contribution in [0.2, 0.25) is 0 Å². The second kappa shape index (κ2) is 1.57. The van der Waals surface area contributed by atoms with Crippen molar-refractivity contribution < 1.29 is 9.53 Å². The number of carbonyl (C=O) groups excluding carboxylic acids is 1. The standard InChI is InChI=1S/C6H7NO2/c8-5-1-2-6-7(5)3-4-9-6/h1-2,6H,3-4H2/t6-/m0/s1. The van der Waals surface area contributed by atoms with E-state index in [9.17, 15) is 4.79 Å². The Morgan fingerprint density at radius 1 is 1.78 bits per heavy atom. The SMILES string of the molecule is O=C1C=C[C@@H]2OCCN12. The van der Waals surface area contributed by atoms with E-state index in [0.29, 0.717) is 6.61 Å². The number of carbonyl (C=O) groups is 1. The summed E-state index contributed by atoms with van der Waals surface area (Å²) >= 11 is 0. The topological polar surface area (TPSA) is 29.5 Å². The molecule has 1 amide bonds. The molecule has 0 unspecified atom stereocenters. The quantitative estimate of drug-likeness (QED) is 0.446. The van der Waals surface area contributed by atoms with Gasteiger partial charge in [0.15, 0.2) is 6.23 Å². The van der Waals surface area contributed by atoms with Gasteiger partial charge >= 0.3 is 0 Å². The smallest absolute Gasteiger partial charge is 0.248 e. The summed E-state index contributed by atoms with van der Waals surface area (Å²) in [6.07, 6.45) is 3.30. The second-order valence-corrected chi connectivity index (χ2v) is 2.15. The Kier molecular flexibility index (Phi) is 0.873. The first kappa shape index (κ1) is 4.99. The summed E-state index contributed by atoms with van der Waals surface area (Å²) in [4.78, 5) is 12.5. The molecule has 0 aliphatic carbocycles. The highest BCUT2D eigenvalue weighted by Gasteiger charge is 2.30. The lowest BCUT2D eigenvalue weighted by Gasteiger charge is -2.11. The maximum Gasteiger partial charge on any atom is 0.248 e. The molecule has 0 aromatic carbocycles. The van der Waals surface area contributed by atoms with Gasteiger partial charge < -0.3 is 9.64 Å². The predicted molar refractivity (Wildman–Crippen MR) is 30.6 cm³/mol. The molecule has 2 rings (SSSR count). The maximum atomic E-state index is 10.8. The zero-order valence-electron chi connectivity index (χ0n) is 4.91. The zero-order valence-corrected chi connectivity index (χ0v) is 4.91. The van der Waals surface area contributed by atoms with Crippen molar-refractivity contribution in [3.8, 4) is 0 Å².